The summed E-state index contributed by atoms with van der Waals surface area (Å²) < 4.78 is 47.7. The molecule has 0 amide bonds. The summed E-state index contributed by atoms with van der Waals surface area (Å²) in [4.78, 5) is 0. The van der Waals surface area contributed by atoms with Crippen molar-refractivity contribution in [3.05, 3.63) is 23.2 Å². The molecule has 0 aliphatic carbocycles. The van der Waals surface area contributed by atoms with Gasteiger partial charge < -0.3 is 0 Å². The Morgan fingerprint density at radius 1 is 1.18 bits per heavy atom. The number of hydrogen-bond donors (Lipinski definition) is 3. The molecule has 0 unspecified atom stereocenters. The van der Waals surface area contributed by atoms with Gasteiger partial charge in [0.15, 0.2) is 0 Å². The van der Waals surface area contributed by atoms with E-state index in [0.717, 1.165) is 6.26 Å². The molecule has 17 heavy (non-hydrogen) atoms. The van der Waals surface area contributed by atoms with Gasteiger partial charge >= 0.3 is 0 Å². The molecule has 10 heteroatoms. The minimum atomic E-state index is -3.97. The Hall–Kier alpha value is -1.03. The van der Waals surface area contributed by atoms with Crippen molar-refractivity contribution < 1.29 is 16.8 Å². The third-order valence-electron chi connectivity index (χ3n) is 1.52. The molecule has 0 atom stereocenters. The second-order valence-electron chi connectivity index (χ2n) is 3.22. The number of benzene rings is 1. The van der Waals surface area contributed by atoms with E-state index in [1.165, 1.54) is 18.2 Å². The van der Waals surface area contributed by atoms with Crippen LogP contribution in [0.5, 0.6) is 0 Å². The Labute approximate surface area is 104 Å². The lowest BCUT2D eigenvalue weighted by molar-refractivity contribution is 0.602. The molecule has 96 valence electrons. The molecule has 0 spiro atoms. The normalized spacial score (nSPS) is 12.2. The molecular formula is C7H10ClN3O4S2. The van der Waals surface area contributed by atoms with E-state index in [2.05, 4.69) is 4.72 Å². The smallest absolute Gasteiger partial charge is 0.284 e. The Morgan fingerprint density at radius 3 is 2.24 bits per heavy atom. The molecule has 0 aliphatic rings. The van der Waals surface area contributed by atoms with E-state index < -0.39 is 20.2 Å². The van der Waals surface area contributed by atoms with E-state index in [0.29, 0.717) is 0 Å². The zero-order chi connectivity index (χ0) is 13.3. The van der Waals surface area contributed by atoms with Crippen LogP contribution in [-0.4, -0.2) is 23.1 Å². The minimum Gasteiger partial charge on any atom is -0.284 e. The van der Waals surface area contributed by atoms with E-state index in [4.69, 9.17) is 16.7 Å². The highest BCUT2D eigenvalue weighted by molar-refractivity contribution is 7.92. The molecule has 0 saturated heterocycles. The van der Waals surface area contributed by atoms with Gasteiger partial charge in [0.2, 0.25) is 10.0 Å². The third-order valence-corrected chi connectivity index (χ3v) is 2.96. The van der Waals surface area contributed by atoms with Gasteiger partial charge in [-0.05, 0) is 18.2 Å². The summed E-state index contributed by atoms with van der Waals surface area (Å²) in [5.74, 6) is 0. The van der Waals surface area contributed by atoms with E-state index in [9.17, 15) is 16.8 Å². The third kappa shape index (κ3) is 5.22. The first-order valence-corrected chi connectivity index (χ1v) is 7.96. The molecule has 0 radical (unpaired) electrons. The highest BCUT2D eigenvalue weighted by atomic mass is 35.5. The lowest BCUT2D eigenvalue weighted by Crippen LogP contribution is -2.22. The van der Waals surface area contributed by atoms with Crippen molar-refractivity contribution in [3.8, 4) is 0 Å². The molecule has 0 bridgehead atoms. The first-order valence-electron chi connectivity index (χ1n) is 4.15. The molecule has 0 heterocycles. The topological polar surface area (TPSA) is 118 Å². The fourth-order valence-electron chi connectivity index (χ4n) is 1.03. The average Bonchev–Trinajstić information content (AvgIpc) is 2.05. The van der Waals surface area contributed by atoms with Crippen molar-refractivity contribution in [2.75, 3.05) is 15.7 Å². The van der Waals surface area contributed by atoms with Crippen molar-refractivity contribution in [1.29, 1.82) is 0 Å². The van der Waals surface area contributed by atoms with Gasteiger partial charge in [-0.2, -0.15) is 8.42 Å². The summed E-state index contributed by atoms with van der Waals surface area (Å²) in [7, 11) is -7.42. The van der Waals surface area contributed by atoms with Gasteiger partial charge in [0, 0.05) is 0 Å². The number of sulfonamides is 1. The fourth-order valence-corrected chi connectivity index (χ4v) is 2.29. The van der Waals surface area contributed by atoms with Crippen LogP contribution in [0.15, 0.2) is 18.2 Å². The quantitative estimate of drug-likeness (QED) is 0.742. The predicted molar refractivity (Wildman–Crippen MR) is 66.6 cm³/mol. The second kappa shape index (κ2) is 4.69. The van der Waals surface area contributed by atoms with E-state index in [1.54, 1.807) is 0 Å². The maximum Gasteiger partial charge on any atom is 0.296 e. The lowest BCUT2D eigenvalue weighted by Gasteiger charge is -2.09. The zero-order valence-electron chi connectivity index (χ0n) is 8.64. The Morgan fingerprint density at radius 2 is 1.76 bits per heavy atom. The summed E-state index contributed by atoms with van der Waals surface area (Å²) in [5.41, 5.74) is 0.158. The number of hydrogen-bond acceptors (Lipinski definition) is 4. The SMILES string of the molecule is CS(=O)(=O)Nc1ccc(Cl)c(NS(N)(=O)=O)c1. The largest absolute Gasteiger partial charge is 0.296 e. The van der Waals surface area contributed by atoms with E-state index in [1.807, 2.05) is 4.72 Å². The molecule has 7 nitrogen and oxygen atoms in total. The number of anilines is 2. The summed E-state index contributed by atoms with van der Waals surface area (Å²) in [6, 6.07) is 3.94. The first kappa shape index (κ1) is 14.0. The molecule has 0 fully saturated rings. The molecule has 4 N–H and O–H groups in total. The van der Waals surface area contributed by atoms with E-state index in [-0.39, 0.29) is 16.4 Å². The van der Waals surface area contributed by atoms with Crippen LogP contribution >= 0.6 is 11.6 Å². The van der Waals surface area contributed by atoms with Gasteiger partial charge in [-0.25, -0.2) is 13.6 Å². The number of nitrogens with one attached hydrogen (secondary N) is 2. The van der Waals surface area contributed by atoms with Crippen LogP contribution in [0.3, 0.4) is 0 Å². The second-order valence-corrected chi connectivity index (χ2v) is 6.67. The number of rotatable bonds is 4. The molecule has 1 aromatic carbocycles. The van der Waals surface area contributed by atoms with Gasteiger partial charge in [0.05, 0.1) is 22.7 Å². The standard InChI is InChI=1S/C7H10ClN3O4S2/c1-16(12,13)10-5-2-3-6(8)7(4-5)11-17(9,14)15/h2-4,10-11H,1H3,(H2,9,14,15). The van der Waals surface area contributed by atoms with Gasteiger partial charge in [0.25, 0.3) is 10.2 Å². The summed E-state index contributed by atoms with van der Waals surface area (Å²) in [6.07, 6.45) is 0.967. The van der Waals surface area contributed by atoms with E-state index >= 15 is 0 Å². The molecule has 0 saturated carbocycles. The highest BCUT2D eigenvalue weighted by Gasteiger charge is 2.09. The van der Waals surface area contributed by atoms with Crippen LogP contribution in [0.25, 0.3) is 0 Å². The van der Waals surface area contributed by atoms with Gasteiger partial charge in [-0.15, -0.1) is 0 Å². The van der Waals surface area contributed by atoms with Crippen LogP contribution in [0, 0.1) is 0 Å². The minimum absolute atomic E-state index is 0.0113. The monoisotopic (exact) mass is 299 g/mol. The zero-order valence-corrected chi connectivity index (χ0v) is 11.0. The van der Waals surface area contributed by atoms with Crippen molar-refractivity contribution in [2.24, 2.45) is 5.14 Å². The number of nitrogens with two attached hydrogens (primary N) is 1. The molecular weight excluding hydrogens is 290 g/mol. The molecule has 0 aliphatic heterocycles. The Balaban J connectivity index is 3.11. The van der Waals surface area contributed by atoms with Crippen LogP contribution in [-0.2, 0) is 20.2 Å². The summed E-state index contributed by atoms with van der Waals surface area (Å²) in [5, 5.41) is 4.87. The summed E-state index contributed by atoms with van der Waals surface area (Å²) in [6.45, 7) is 0. The molecule has 1 rings (SSSR count). The Kier molecular flexibility index (Phi) is 3.87. The van der Waals surface area contributed by atoms with Crippen molar-refractivity contribution in [1.82, 2.24) is 0 Å². The van der Waals surface area contributed by atoms with Gasteiger partial charge in [-0.3, -0.25) is 9.44 Å². The van der Waals surface area contributed by atoms with Crippen LogP contribution in [0.1, 0.15) is 0 Å². The molecule has 1 aromatic rings. The predicted octanol–water partition coefficient (Wildman–Crippen LogP) is 0.327. The fraction of sp³-hybridized carbons (Fsp3) is 0.143. The average molecular weight is 300 g/mol. The maximum absolute atomic E-state index is 11.0. The van der Waals surface area contributed by atoms with Crippen LogP contribution in [0.4, 0.5) is 11.4 Å². The summed E-state index contributed by atoms with van der Waals surface area (Å²) >= 11 is 5.71. The van der Waals surface area contributed by atoms with Crippen LogP contribution < -0.4 is 14.6 Å². The highest BCUT2D eigenvalue weighted by Crippen LogP contribution is 2.26. The van der Waals surface area contributed by atoms with Crippen molar-refractivity contribution in [2.45, 2.75) is 0 Å². The van der Waals surface area contributed by atoms with Gasteiger partial charge in [-0.1, -0.05) is 11.6 Å². The van der Waals surface area contributed by atoms with Crippen LogP contribution in [0.2, 0.25) is 5.02 Å². The van der Waals surface area contributed by atoms with Gasteiger partial charge in [0.1, 0.15) is 0 Å². The van der Waals surface area contributed by atoms with Crippen molar-refractivity contribution in [3.63, 3.8) is 0 Å². The maximum atomic E-state index is 11.0. The van der Waals surface area contributed by atoms with Crippen molar-refractivity contribution >= 4 is 43.2 Å². The lowest BCUT2D eigenvalue weighted by atomic mass is 10.3. The molecule has 0 aromatic heterocycles. The first-order chi connectivity index (χ1) is 7.57. The number of halogens is 1. The Bertz CT molecular complexity index is 627.